The third kappa shape index (κ3) is 3.27. The Labute approximate surface area is 148 Å². The van der Waals surface area contributed by atoms with Crippen molar-refractivity contribution < 1.29 is 13.2 Å². The fraction of sp³-hybridized carbons (Fsp3) is 0.529. The van der Waals surface area contributed by atoms with Gasteiger partial charge in [0.25, 0.3) is 16.1 Å². The molecule has 0 spiro atoms. The van der Waals surface area contributed by atoms with Crippen molar-refractivity contribution in [2.24, 2.45) is 5.92 Å². The second-order valence-electron chi connectivity index (χ2n) is 6.82. The molecule has 25 heavy (non-hydrogen) atoms. The molecule has 2 atom stereocenters. The molecule has 1 aromatic carbocycles. The van der Waals surface area contributed by atoms with E-state index in [1.807, 2.05) is 0 Å². The zero-order valence-corrected chi connectivity index (χ0v) is 15.2. The van der Waals surface area contributed by atoms with Gasteiger partial charge in [0.1, 0.15) is 0 Å². The Morgan fingerprint density at radius 1 is 1.20 bits per heavy atom. The van der Waals surface area contributed by atoms with Crippen molar-refractivity contribution in [1.82, 2.24) is 13.5 Å². The lowest BCUT2D eigenvalue weighted by atomic mass is 9.94. The van der Waals surface area contributed by atoms with Crippen LogP contribution < -0.4 is 0 Å². The van der Waals surface area contributed by atoms with Gasteiger partial charge < -0.3 is 4.90 Å². The lowest BCUT2D eigenvalue weighted by Crippen LogP contribution is -2.48. The van der Waals surface area contributed by atoms with Crippen LogP contribution in [0.15, 0.2) is 24.3 Å². The Bertz CT molecular complexity index is 815. The zero-order valence-electron chi connectivity index (χ0n) is 14.4. The molecule has 0 aromatic heterocycles. The van der Waals surface area contributed by atoms with Crippen molar-refractivity contribution in [2.75, 3.05) is 33.7 Å². The van der Waals surface area contributed by atoms with Crippen molar-refractivity contribution in [3.63, 3.8) is 0 Å². The van der Waals surface area contributed by atoms with Crippen LogP contribution in [0.4, 0.5) is 0 Å². The maximum Gasteiger partial charge on any atom is 0.281 e. The van der Waals surface area contributed by atoms with Gasteiger partial charge in [0.05, 0.1) is 17.2 Å². The van der Waals surface area contributed by atoms with Crippen LogP contribution in [0.5, 0.6) is 0 Å². The normalized spacial score (nSPS) is 24.2. The van der Waals surface area contributed by atoms with Crippen LogP contribution in [0.25, 0.3) is 0 Å². The number of amides is 1. The number of carbonyl (C=O) groups is 1. The molecule has 1 amide bonds. The second-order valence-corrected chi connectivity index (χ2v) is 8.96. The first kappa shape index (κ1) is 17.9. The number of fused-ring (bicyclic) bond motifs is 4. The Balaban J connectivity index is 1.89. The monoisotopic (exact) mass is 362 g/mol. The van der Waals surface area contributed by atoms with Gasteiger partial charge in [0.15, 0.2) is 0 Å². The number of nitrogens with zero attached hydrogens (tertiary/aromatic N) is 4. The number of hydrogen-bond acceptors (Lipinski definition) is 4. The van der Waals surface area contributed by atoms with E-state index in [9.17, 15) is 18.5 Å². The highest BCUT2D eigenvalue weighted by atomic mass is 32.2. The molecule has 134 valence electrons. The minimum Gasteiger partial charge on any atom is -0.334 e. The molecule has 3 aliphatic rings. The van der Waals surface area contributed by atoms with E-state index >= 15 is 0 Å². The van der Waals surface area contributed by atoms with E-state index in [1.54, 1.807) is 29.2 Å². The van der Waals surface area contributed by atoms with Gasteiger partial charge in [0, 0.05) is 39.8 Å². The molecule has 4 rings (SSSR count). The molecular weight excluding hydrogens is 340 g/mol. The Morgan fingerprint density at radius 3 is 2.60 bits per heavy atom. The van der Waals surface area contributed by atoms with E-state index in [0.29, 0.717) is 30.8 Å². The highest BCUT2D eigenvalue weighted by molar-refractivity contribution is 7.86. The molecule has 0 saturated carbocycles. The lowest BCUT2D eigenvalue weighted by Gasteiger charge is -2.36. The van der Waals surface area contributed by atoms with Crippen molar-refractivity contribution in [3.05, 3.63) is 35.4 Å². The molecule has 0 unspecified atom stereocenters. The summed E-state index contributed by atoms with van der Waals surface area (Å²) < 4.78 is 27.7. The largest absolute Gasteiger partial charge is 0.334 e. The predicted molar refractivity (Wildman–Crippen MR) is 92.9 cm³/mol. The summed E-state index contributed by atoms with van der Waals surface area (Å²) in [5.74, 6) is -0.0670. The van der Waals surface area contributed by atoms with Crippen LogP contribution in [0.3, 0.4) is 0 Å². The molecule has 3 fully saturated rings. The van der Waals surface area contributed by atoms with Crippen molar-refractivity contribution >= 4 is 16.1 Å². The van der Waals surface area contributed by atoms with Crippen LogP contribution in [-0.2, 0) is 10.2 Å². The molecule has 3 saturated heterocycles. The molecular formula is C17H22N4O3S. The van der Waals surface area contributed by atoms with Gasteiger partial charge in [-0.05, 0) is 30.9 Å². The van der Waals surface area contributed by atoms with Gasteiger partial charge in [-0.2, -0.15) is 22.3 Å². The lowest BCUT2D eigenvalue weighted by molar-refractivity contribution is 0.0588. The van der Waals surface area contributed by atoms with E-state index in [1.165, 1.54) is 22.7 Å². The van der Waals surface area contributed by atoms with Crippen LogP contribution in [-0.4, -0.2) is 67.6 Å². The van der Waals surface area contributed by atoms with Crippen molar-refractivity contribution in [2.45, 2.75) is 18.9 Å². The number of rotatable bonds is 3. The fourth-order valence-electron chi connectivity index (χ4n) is 3.63. The third-order valence-corrected chi connectivity index (χ3v) is 6.88. The Morgan fingerprint density at radius 2 is 1.92 bits per heavy atom. The Kier molecular flexibility index (Phi) is 4.82. The van der Waals surface area contributed by atoms with Crippen LogP contribution in [0.1, 0.15) is 28.8 Å². The maximum atomic E-state index is 13.0. The highest BCUT2D eigenvalue weighted by Gasteiger charge is 2.41. The fourth-order valence-corrected chi connectivity index (χ4v) is 4.85. The van der Waals surface area contributed by atoms with Gasteiger partial charge in [0.2, 0.25) is 0 Å². The van der Waals surface area contributed by atoms with Gasteiger partial charge >= 0.3 is 0 Å². The number of benzene rings is 1. The smallest absolute Gasteiger partial charge is 0.281 e. The third-order valence-electron chi connectivity index (χ3n) is 5.01. The van der Waals surface area contributed by atoms with E-state index in [2.05, 4.69) is 6.07 Å². The molecule has 3 aliphatic heterocycles. The summed E-state index contributed by atoms with van der Waals surface area (Å²) in [6.45, 7) is 1.26. The standard InChI is InChI=1S/C17H22N4O3S/c1-19(2)25(23,24)20-10-13-7-8-15(12-20)21(11-13)17(22)16-6-4-3-5-14(16)9-18/h3-6,13,15H,7-8,10-12H2,1-2H3/t13-,15+/m0/s1. The zero-order chi connectivity index (χ0) is 18.2. The van der Waals surface area contributed by atoms with Crippen LogP contribution >= 0.6 is 0 Å². The van der Waals surface area contributed by atoms with Crippen molar-refractivity contribution in [3.8, 4) is 6.07 Å². The van der Waals surface area contributed by atoms with Crippen LogP contribution in [0, 0.1) is 17.2 Å². The number of carbonyl (C=O) groups excluding carboxylic acids is 1. The number of piperidine rings is 1. The molecule has 0 radical (unpaired) electrons. The molecule has 0 aliphatic carbocycles. The summed E-state index contributed by atoms with van der Waals surface area (Å²) >= 11 is 0. The average Bonchev–Trinajstić information content (AvgIpc) is 2.93. The van der Waals surface area contributed by atoms with Gasteiger partial charge in [-0.15, -0.1) is 0 Å². The first-order chi connectivity index (χ1) is 11.8. The van der Waals surface area contributed by atoms with Gasteiger partial charge in [-0.1, -0.05) is 12.1 Å². The summed E-state index contributed by atoms with van der Waals surface area (Å²) in [5.41, 5.74) is 0.741. The molecule has 2 bridgehead atoms. The van der Waals surface area contributed by atoms with Gasteiger partial charge in [-0.25, -0.2) is 0 Å². The summed E-state index contributed by atoms with van der Waals surface area (Å²) in [6.07, 6.45) is 1.69. The quantitative estimate of drug-likeness (QED) is 0.800. The minimum atomic E-state index is -3.50. The Hall–Kier alpha value is -1.95. The average molecular weight is 362 g/mol. The topological polar surface area (TPSA) is 84.7 Å². The van der Waals surface area contributed by atoms with E-state index in [-0.39, 0.29) is 17.9 Å². The number of nitriles is 1. The maximum absolute atomic E-state index is 13.0. The van der Waals surface area contributed by atoms with Crippen molar-refractivity contribution in [1.29, 1.82) is 5.26 Å². The summed E-state index contributed by atoms with van der Waals surface area (Å²) in [6, 6.07) is 8.67. The van der Waals surface area contributed by atoms with E-state index in [0.717, 1.165) is 12.8 Å². The first-order valence-corrected chi connectivity index (χ1v) is 9.72. The molecule has 3 heterocycles. The van der Waals surface area contributed by atoms with E-state index < -0.39 is 10.2 Å². The van der Waals surface area contributed by atoms with Crippen LogP contribution in [0.2, 0.25) is 0 Å². The summed E-state index contributed by atoms with van der Waals surface area (Å²) in [4.78, 5) is 14.8. The molecule has 7 nitrogen and oxygen atoms in total. The summed E-state index contributed by atoms with van der Waals surface area (Å²) in [5, 5.41) is 9.25. The molecule has 1 aromatic rings. The molecule has 0 N–H and O–H groups in total. The second kappa shape index (κ2) is 6.75. The molecule has 8 heteroatoms. The predicted octanol–water partition coefficient (Wildman–Crippen LogP) is 0.901. The highest BCUT2D eigenvalue weighted by Crippen LogP contribution is 2.31. The number of hydrogen-bond donors (Lipinski definition) is 0. The van der Waals surface area contributed by atoms with Gasteiger partial charge in [-0.3, -0.25) is 4.79 Å². The SMILES string of the molecule is CN(C)S(=O)(=O)N1C[C@@H]2CC[C@H](C1)N(C(=O)c1ccccc1C#N)C2. The minimum absolute atomic E-state index is 0.117. The first-order valence-electron chi connectivity index (χ1n) is 8.32. The summed E-state index contributed by atoms with van der Waals surface area (Å²) in [7, 11) is -0.455. The van der Waals surface area contributed by atoms with E-state index in [4.69, 9.17) is 0 Å².